The first-order valence-electron chi connectivity index (χ1n) is 11.2. The lowest BCUT2D eigenvalue weighted by atomic mass is 10.2. The van der Waals surface area contributed by atoms with E-state index in [2.05, 4.69) is 15.2 Å². The number of alkyl halides is 3. The number of amides is 1. The zero-order valence-electron chi connectivity index (χ0n) is 18.9. The number of piperazine rings is 1. The van der Waals surface area contributed by atoms with Gasteiger partial charge >= 0.3 is 12.1 Å². The average Bonchev–Trinajstić information content (AvgIpc) is 3.31. The standard InChI is InChI=1S/C23H21F3N6O3S/c24-23(25,26)22(33)32-10-7-17-15-18(1-3-20(17)32)36(34,35)31-13-11-30(12-14-31)21-4-2-19(28-29-21)16-5-8-27-9-6-16/h1-6,8-9,15H,7,10-14H2. The van der Waals surface area contributed by atoms with Crippen molar-refractivity contribution in [1.82, 2.24) is 19.5 Å². The number of hydrogen-bond acceptors (Lipinski definition) is 7. The third-order valence-corrected chi connectivity index (χ3v) is 8.16. The predicted octanol–water partition coefficient (Wildman–Crippen LogP) is 2.50. The van der Waals surface area contributed by atoms with E-state index in [-0.39, 0.29) is 36.6 Å². The van der Waals surface area contributed by atoms with Crippen LogP contribution in [0.1, 0.15) is 5.56 Å². The molecule has 1 fully saturated rings. The van der Waals surface area contributed by atoms with Crippen molar-refractivity contribution in [2.75, 3.05) is 42.5 Å². The molecule has 2 aromatic heterocycles. The smallest absolute Gasteiger partial charge is 0.352 e. The summed E-state index contributed by atoms with van der Waals surface area (Å²) >= 11 is 0. The normalized spacial score (nSPS) is 16.8. The molecular weight excluding hydrogens is 497 g/mol. The van der Waals surface area contributed by atoms with E-state index in [0.29, 0.717) is 35.1 Å². The lowest BCUT2D eigenvalue weighted by Gasteiger charge is -2.34. The minimum atomic E-state index is -4.99. The van der Waals surface area contributed by atoms with Crippen molar-refractivity contribution >= 4 is 27.4 Å². The predicted molar refractivity (Wildman–Crippen MR) is 125 cm³/mol. The largest absolute Gasteiger partial charge is 0.471 e. The Balaban J connectivity index is 1.26. The molecule has 36 heavy (non-hydrogen) atoms. The molecule has 2 aliphatic heterocycles. The van der Waals surface area contributed by atoms with Gasteiger partial charge in [0.1, 0.15) is 0 Å². The van der Waals surface area contributed by atoms with Crippen LogP contribution in [0.5, 0.6) is 0 Å². The number of anilines is 2. The Morgan fingerprint density at radius 3 is 2.25 bits per heavy atom. The van der Waals surface area contributed by atoms with Gasteiger partial charge in [-0.05, 0) is 54.4 Å². The maximum atomic E-state index is 13.2. The quantitative estimate of drug-likeness (QED) is 0.523. The van der Waals surface area contributed by atoms with Gasteiger partial charge in [-0.25, -0.2) is 8.42 Å². The van der Waals surface area contributed by atoms with Crippen LogP contribution in [0.15, 0.2) is 59.8 Å². The Morgan fingerprint density at radius 2 is 1.61 bits per heavy atom. The van der Waals surface area contributed by atoms with Gasteiger partial charge in [0, 0.05) is 56.4 Å². The molecule has 0 unspecified atom stereocenters. The zero-order chi connectivity index (χ0) is 25.5. The Bertz CT molecular complexity index is 1380. The van der Waals surface area contributed by atoms with E-state index < -0.39 is 22.1 Å². The number of nitrogens with zero attached hydrogens (tertiary/aromatic N) is 6. The molecule has 0 aliphatic carbocycles. The van der Waals surface area contributed by atoms with Crippen molar-refractivity contribution in [3.05, 3.63) is 60.4 Å². The summed E-state index contributed by atoms with van der Waals surface area (Å²) in [7, 11) is -3.86. The number of benzene rings is 1. The Labute approximate surface area is 205 Å². The molecule has 0 radical (unpaired) electrons. The minimum Gasteiger partial charge on any atom is -0.352 e. The van der Waals surface area contributed by atoms with Crippen LogP contribution in [0.3, 0.4) is 0 Å². The molecule has 1 aromatic carbocycles. The number of carbonyl (C=O) groups is 1. The van der Waals surface area contributed by atoms with Crippen LogP contribution in [0, 0.1) is 0 Å². The summed E-state index contributed by atoms with van der Waals surface area (Å²) in [5, 5.41) is 8.53. The van der Waals surface area contributed by atoms with Crippen molar-refractivity contribution in [2.24, 2.45) is 0 Å². The average molecular weight is 519 g/mol. The Hall–Kier alpha value is -3.58. The maximum absolute atomic E-state index is 13.2. The van der Waals surface area contributed by atoms with Gasteiger partial charge < -0.3 is 9.80 Å². The molecule has 0 atom stereocenters. The first kappa shape index (κ1) is 24.1. The summed E-state index contributed by atoms with van der Waals surface area (Å²) in [5.74, 6) is -1.32. The fourth-order valence-corrected chi connectivity index (χ4v) is 5.85. The summed E-state index contributed by atoms with van der Waals surface area (Å²) in [5.41, 5.74) is 2.08. The highest BCUT2D eigenvalue weighted by Crippen LogP contribution is 2.34. The van der Waals surface area contributed by atoms with E-state index in [4.69, 9.17) is 0 Å². The first-order valence-corrected chi connectivity index (χ1v) is 12.6. The fraction of sp³-hybridized carbons (Fsp3) is 0.304. The maximum Gasteiger partial charge on any atom is 0.471 e. The number of rotatable bonds is 4. The third-order valence-electron chi connectivity index (χ3n) is 6.26. The number of halogens is 3. The van der Waals surface area contributed by atoms with E-state index >= 15 is 0 Å². The van der Waals surface area contributed by atoms with Crippen molar-refractivity contribution in [1.29, 1.82) is 0 Å². The molecule has 9 nitrogen and oxygen atoms in total. The van der Waals surface area contributed by atoms with Crippen LogP contribution >= 0.6 is 0 Å². The molecule has 0 N–H and O–H groups in total. The van der Waals surface area contributed by atoms with E-state index in [9.17, 15) is 26.4 Å². The zero-order valence-corrected chi connectivity index (χ0v) is 19.7. The van der Waals surface area contributed by atoms with E-state index in [1.165, 1.54) is 22.5 Å². The summed E-state index contributed by atoms with van der Waals surface area (Å²) in [6, 6.07) is 11.2. The van der Waals surface area contributed by atoms with Gasteiger partial charge in [-0.3, -0.25) is 9.78 Å². The van der Waals surface area contributed by atoms with Gasteiger partial charge in [-0.2, -0.15) is 17.5 Å². The monoisotopic (exact) mass is 518 g/mol. The fourth-order valence-electron chi connectivity index (χ4n) is 4.38. The highest BCUT2D eigenvalue weighted by atomic mass is 32.2. The number of sulfonamides is 1. The molecule has 1 amide bonds. The summed E-state index contributed by atoms with van der Waals surface area (Å²) in [4.78, 5) is 18.2. The van der Waals surface area contributed by atoms with Gasteiger partial charge in [-0.15, -0.1) is 10.2 Å². The molecule has 4 heterocycles. The Kier molecular flexibility index (Phi) is 6.12. The number of pyridine rings is 1. The number of carbonyl (C=O) groups excluding carboxylic acids is 1. The summed E-state index contributed by atoms with van der Waals surface area (Å²) < 4.78 is 66.3. The van der Waals surface area contributed by atoms with Crippen molar-refractivity contribution in [3.63, 3.8) is 0 Å². The van der Waals surface area contributed by atoms with E-state index in [1.54, 1.807) is 12.4 Å². The van der Waals surface area contributed by atoms with Crippen LogP contribution in [0.25, 0.3) is 11.3 Å². The van der Waals surface area contributed by atoms with Gasteiger partial charge in [0.2, 0.25) is 10.0 Å². The second kappa shape index (κ2) is 9.13. The molecule has 0 bridgehead atoms. The molecule has 5 rings (SSSR count). The van der Waals surface area contributed by atoms with Crippen LogP contribution in [-0.2, 0) is 21.2 Å². The van der Waals surface area contributed by atoms with E-state index in [0.717, 1.165) is 5.56 Å². The second-order valence-electron chi connectivity index (χ2n) is 8.40. The molecule has 2 aliphatic rings. The molecule has 13 heteroatoms. The van der Waals surface area contributed by atoms with Gasteiger partial charge in [0.05, 0.1) is 10.6 Å². The number of fused-ring (bicyclic) bond motifs is 1. The van der Waals surface area contributed by atoms with Crippen LogP contribution in [0.4, 0.5) is 24.7 Å². The van der Waals surface area contributed by atoms with Crippen LogP contribution in [0.2, 0.25) is 0 Å². The minimum absolute atomic E-state index is 0.00231. The summed E-state index contributed by atoms with van der Waals surface area (Å²) in [6.07, 6.45) is -1.49. The van der Waals surface area contributed by atoms with Gasteiger partial charge in [0.15, 0.2) is 5.82 Å². The highest BCUT2D eigenvalue weighted by Gasteiger charge is 2.45. The third kappa shape index (κ3) is 4.51. The van der Waals surface area contributed by atoms with Gasteiger partial charge in [-0.1, -0.05) is 0 Å². The molecule has 188 valence electrons. The topological polar surface area (TPSA) is 99.6 Å². The Morgan fingerprint density at radius 1 is 0.889 bits per heavy atom. The van der Waals surface area contributed by atoms with Crippen molar-refractivity contribution < 1.29 is 26.4 Å². The molecular formula is C23H21F3N6O3S. The second-order valence-corrected chi connectivity index (χ2v) is 10.3. The van der Waals surface area contributed by atoms with Crippen LogP contribution in [-0.4, -0.2) is 72.7 Å². The molecule has 0 saturated carbocycles. The lowest BCUT2D eigenvalue weighted by Crippen LogP contribution is -2.49. The van der Waals surface area contributed by atoms with Crippen molar-refractivity contribution in [2.45, 2.75) is 17.5 Å². The molecule has 0 spiro atoms. The van der Waals surface area contributed by atoms with E-state index in [1.807, 2.05) is 29.2 Å². The first-order chi connectivity index (χ1) is 17.1. The highest BCUT2D eigenvalue weighted by molar-refractivity contribution is 7.89. The molecule has 3 aromatic rings. The molecule has 1 saturated heterocycles. The summed E-state index contributed by atoms with van der Waals surface area (Å²) in [6.45, 7) is 1.09. The lowest BCUT2D eigenvalue weighted by molar-refractivity contribution is -0.170. The van der Waals surface area contributed by atoms with Gasteiger partial charge in [0.25, 0.3) is 0 Å². The van der Waals surface area contributed by atoms with Crippen LogP contribution < -0.4 is 9.80 Å². The SMILES string of the molecule is O=C(N1CCc2cc(S(=O)(=O)N3CCN(c4ccc(-c5ccncc5)nn4)CC3)ccc21)C(F)(F)F. The number of aromatic nitrogens is 3. The van der Waals surface area contributed by atoms with Crippen molar-refractivity contribution in [3.8, 4) is 11.3 Å². The number of hydrogen-bond donors (Lipinski definition) is 0.